The second-order valence-corrected chi connectivity index (χ2v) is 5.84. The van der Waals surface area contributed by atoms with Gasteiger partial charge in [-0.3, -0.25) is 4.90 Å². The van der Waals surface area contributed by atoms with Crippen molar-refractivity contribution in [3.05, 3.63) is 0 Å². The van der Waals surface area contributed by atoms with Crippen molar-refractivity contribution in [1.82, 2.24) is 4.90 Å². The fraction of sp³-hybridized carbons (Fsp3) is 1.00. The van der Waals surface area contributed by atoms with Crippen LogP contribution >= 0.6 is 0 Å². The molecule has 2 nitrogen and oxygen atoms in total. The largest absolute Gasteiger partial charge is 0.385 e. The molecule has 0 atom stereocenters. The van der Waals surface area contributed by atoms with Crippen LogP contribution in [-0.2, 0) is 4.74 Å². The molecule has 0 saturated carbocycles. The minimum Gasteiger partial charge on any atom is -0.385 e. The maximum atomic E-state index is 5.09. The summed E-state index contributed by atoms with van der Waals surface area (Å²) in [5, 5.41) is 0. The Kier molecular flexibility index (Phi) is 5.10. The maximum Gasteiger partial charge on any atom is 0.0474 e. The van der Waals surface area contributed by atoms with E-state index in [-0.39, 0.29) is 11.1 Å². The Labute approximate surface area is 89.6 Å². The van der Waals surface area contributed by atoms with E-state index < -0.39 is 0 Å². The van der Waals surface area contributed by atoms with Crippen LogP contribution in [0.5, 0.6) is 0 Å². The third-order valence-electron chi connectivity index (χ3n) is 2.35. The molecule has 0 aromatic rings. The highest BCUT2D eigenvalue weighted by molar-refractivity contribution is 4.86. The van der Waals surface area contributed by atoms with Crippen molar-refractivity contribution in [2.75, 3.05) is 20.3 Å². The molecule has 0 aromatic heterocycles. The number of hydrogen-bond donors (Lipinski definition) is 0. The molecule has 0 rings (SSSR count). The molecule has 0 saturated heterocycles. The summed E-state index contributed by atoms with van der Waals surface area (Å²) in [4.78, 5) is 2.53. The molecule has 0 aromatic carbocycles. The molecule has 14 heavy (non-hydrogen) atoms. The van der Waals surface area contributed by atoms with Gasteiger partial charge in [-0.15, -0.1) is 0 Å². The molecular formula is C12H27NO. The number of methoxy groups -OCH3 is 1. The summed E-state index contributed by atoms with van der Waals surface area (Å²) in [5.74, 6) is 0. The monoisotopic (exact) mass is 201 g/mol. The van der Waals surface area contributed by atoms with Crippen LogP contribution in [0, 0.1) is 0 Å². The molecule has 0 unspecified atom stereocenters. The van der Waals surface area contributed by atoms with Crippen molar-refractivity contribution >= 4 is 0 Å². The standard InChI is InChI=1S/C12H27NO/c1-11(2,3)13(12(4,5)6)9-8-10-14-7/h8-10H2,1-7H3. The molecule has 0 N–H and O–H groups in total. The molecule has 2 heteroatoms. The first-order valence-electron chi connectivity index (χ1n) is 5.46. The van der Waals surface area contributed by atoms with Gasteiger partial charge in [0, 0.05) is 31.3 Å². The highest BCUT2D eigenvalue weighted by Gasteiger charge is 2.30. The Hall–Kier alpha value is -0.0800. The van der Waals surface area contributed by atoms with Gasteiger partial charge in [0.1, 0.15) is 0 Å². The van der Waals surface area contributed by atoms with Crippen LogP contribution in [0.1, 0.15) is 48.0 Å². The highest BCUT2D eigenvalue weighted by atomic mass is 16.5. The normalized spacial score (nSPS) is 13.7. The quantitative estimate of drug-likeness (QED) is 0.648. The first kappa shape index (κ1) is 13.9. The van der Waals surface area contributed by atoms with Crippen molar-refractivity contribution in [3.8, 4) is 0 Å². The van der Waals surface area contributed by atoms with E-state index >= 15 is 0 Å². The minimum absolute atomic E-state index is 0.228. The van der Waals surface area contributed by atoms with E-state index in [1.807, 2.05) is 0 Å². The Bertz CT molecular complexity index is 139. The third kappa shape index (κ3) is 4.97. The highest BCUT2D eigenvalue weighted by Crippen LogP contribution is 2.24. The molecule has 0 aliphatic rings. The van der Waals surface area contributed by atoms with Gasteiger partial charge in [-0.25, -0.2) is 0 Å². The topological polar surface area (TPSA) is 12.5 Å². The Morgan fingerprint density at radius 3 is 1.64 bits per heavy atom. The first-order valence-corrected chi connectivity index (χ1v) is 5.46. The van der Waals surface area contributed by atoms with Gasteiger partial charge in [0.05, 0.1) is 0 Å². The summed E-state index contributed by atoms with van der Waals surface area (Å²) >= 11 is 0. The van der Waals surface area contributed by atoms with Crippen LogP contribution in [-0.4, -0.2) is 36.2 Å². The summed E-state index contributed by atoms with van der Waals surface area (Å²) in [6.45, 7) is 15.6. The SMILES string of the molecule is COCCCN(C(C)(C)C)C(C)(C)C. The number of nitrogens with zero attached hydrogens (tertiary/aromatic N) is 1. The van der Waals surface area contributed by atoms with E-state index in [1.165, 1.54) is 0 Å². The third-order valence-corrected chi connectivity index (χ3v) is 2.35. The number of ether oxygens (including phenoxy) is 1. The van der Waals surface area contributed by atoms with Crippen LogP contribution in [0.15, 0.2) is 0 Å². The molecular weight excluding hydrogens is 174 g/mol. The van der Waals surface area contributed by atoms with E-state index in [0.717, 1.165) is 19.6 Å². The van der Waals surface area contributed by atoms with Crippen molar-refractivity contribution in [2.24, 2.45) is 0 Å². The molecule has 0 heterocycles. The van der Waals surface area contributed by atoms with E-state index in [1.54, 1.807) is 7.11 Å². The Morgan fingerprint density at radius 2 is 1.36 bits per heavy atom. The average Bonchev–Trinajstić information content (AvgIpc) is 1.92. The Morgan fingerprint density at radius 1 is 0.929 bits per heavy atom. The molecule has 0 bridgehead atoms. The zero-order valence-corrected chi connectivity index (χ0v) is 11.0. The van der Waals surface area contributed by atoms with Gasteiger partial charge < -0.3 is 4.74 Å². The van der Waals surface area contributed by atoms with E-state index in [2.05, 4.69) is 46.4 Å². The lowest BCUT2D eigenvalue weighted by molar-refractivity contribution is 0.0300. The van der Waals surface area contributed by atoms with Gasteiger partial charge in [0.2, 0.25) is 0 Å². The lowest BCUT2D eigenvalue weighted by Gasteiger charge is -2.45. The van der Waals surface area contributed by atoms with Crippen LogP contribution in [0.25, 0.3) is 0 Å². The van der Waals surface area contributed by atoms with Gasteiger partial charge in [0.15, 0.2) is 0 Å². The van der Waals surface area contributed by atoms with E-state index in [4.69, 9.17) is 4.74 Å². The smallest absolute Gasteiger partial charge is 0.0474 e. The lowest BCUT2D eigenvalue weighted by Crippen LogP contribution is -2.53. The van der Waals surface area contributed by atoms with Crippen molar-refractivity contribution in [2.45, 2.75) is 59.0 Å². The van der Waals surface area contributed by atoms with E-state index in [0.29, 0.717) is 0 Å². The number of rotatable bonds is 4. The van der Waals surface area contributed by atoms with E-state index in [9.17, 15) is 0 Å². The summed E-state index contributed by atoms with van der Waals surface area (Å²) in [6.07, 6.45) is 1.10. The summed E-state index contributed by atoms with van der Waals surface area (Å²) in [5.41, 5.74) is 0.456. The average molecular weight is 201 g/mol. The summed E-state index contributed by atoms with van der Waals surface area (Å²) in [7, 11) is 1.76. The fourth-order valence-corrected chi connectivity index (χ4v) is 2.04. The second kappa shape index (κ2) is 5.13. The van der Waals surface area contributed by atoms with Gasteiger partial charge in [-0.05, 0) is 48.0 Å². The summed E-state index contributed by atoms with van der Waals surface area (Å²) < 4.78 is 5.09. The van der Waals surface area contributed by atoms with Gasteiger partial charge >= 0.3 is 0 Å². The molecule has 0 amide bonds. The lowest BCUT2D eigenvalue weighted by atomic mass is 9.96. The zero-order valence-electron chi connectivity index (χ0n) is 11.0. The predicted molar refractivity (Wildman–Crippen MR) is 62.7 cm³/mol. The zero-order chi connectivity index (χ0) is 11.4. The number of hydrogen-bond acceptors (Lipinski definition) is 2. The second-order valence-electron chi connectivity index (χ2n) is 5.84. The maximum absolute atomic E-state index is 5.09. The summed E-state index contributed by atoms with van der Waals surface area (Å²) in [6, 6.07) is 0. The van der Waals surface area contributed by atoms with Crippen LogP contribution in [0.2, 0.25) is 0 Å². The Balaban J connectivity index is 4.28. The van der Waals surface area contributed by atoms with Gasteiger partial charge in [0.25, 0.3) is 0 Å². The van der Waals surface area contributed by atoms with Crippen LogP contribution in [0.3, 0.4) is 0 Å². The van der Waals surface area contributed by atoms with Crippen molar-refractivity contribution in [3.63, 3.8) is 0 Å². The predicted octanol–water partition coefficient (Wildman–Crippen LogP) is 2.92. The first-order chi connectivity index (χ1) is 6.19. The molecule has 0 fully saturated rings. The van der Waals surface area contributed by atoms with Gasteiger partial charge in [-0.2, -0.15) is 0 Å². The minimum atomic E-state index is 0.228. The van der Waals surface area contributed by atoms with Gasteiger partial charge in [-0.1, -0.05) is 0 Å². The molecule has 0 aliphatic carbocycles. The molecule has 0 radical (unpaired) electrons. The van der Waals surface area contributed by atoms with Crippen LogP contribution in [0.4, 0.5) is 0 Å². The fourth-order valence-electron chi connectivity index (χ4n) is 2.04. The molecule has 0 spiro atoms. The molecule has 86 valence electrons. The molecule has 0 aliphatic heterocycles. The van der Waals surface area contributed by atoms with Crippen LogP contribution < -0.4 is 0 Å². The van der Waals surface area contributed by atoms with Crippen molar-refractivity contribution in [1.29, 1.82) is 0 Å². The van der Waals surface area contributed by atoms with Crippen molar-refractivity contribution < 1.29 is 4.74 Å².